The van der Waals surface area contributed by atoms with Crippen LogP contribution in [0.1, 0.15) is 25.7 Å². The smallest absolute Gasteiger partial charge is 0.303 e. The first-order valence-electron chi connectivity index (χ1n) is 6.27. The maximum absolute atomic E-state index is 11.6. The second-order valence-corrected chi connectivity index (χ2v) is 6.84. The summed E-state index contributed by atoms with van der Waals surface area (Å²) in [4.78, 5) is 12.5. The van der Waals surface area contributed by atoms with E-state index >= 15 is 0 Å². The lowest BCUT2D eigenvalue weighted by molar-refractivity contribution is -0.137. The molecule has 0 aliphatic carbocycles. The lowest BCUT2D eigenvalue weighted by atomic mass is 9.98. The molecule has 0 amide bonds. The van der Waals surface area contributed by atoms with Gasteiger partial charge in [0.1, 0.15) is 0 Å². The van der Waals surface area contributed by atoms with Crippen LogP contribution in [0, 0.1) is 5.92 Å². The third-order valence-corrected chi connectivity index (χ3v) is 4.67. The first-order valence-corrected chi connectivity index (χ1v) is 7.92. The SMILES string of the molecule is CN1CCC(CNS(=O)(=O)CCCC(=O)O)CC1. The summed E-state index contributed by atoms with van der Waals surface area (Å²) in [6, 6.07) is 0. The van der Waals surface area contributed by atoms with Crippen molar-refractivity contribution in [3.05, 3.63) is 0 Å². The molecule has 1 heterocycles. The second kappa shape index (κ2) is 7.06. The van der Waals surface area contributed by atoms with Crippen molar-refractivity contribution in [1.29, 1.82) is 0 Å². The summed E-state index contributed by atoms with van der Waals surface area (Å²) in [6.45, 7) is 2.49. The molecule has 7 heteroatoms. The van der Waals surface area contributed by atoms with Crippen LogP contribution in [0.25, 0.3) is 0 Å². The second-order valence-electron chi connectivity index (χ2n) is 4.91. The van der Waals surface area contributed by atoms with E-state index in [9.17, 15) is 13.2 Å². The molecule has 1 fully saturated rings. The average Bonchev–Trinajstić information content (AvgIpc) is 2.27. The predicted molar refractivity (Wildman–Crippen MR) is 68.9 cm³/mol. The fourth-order valence-electron chi connectivity index (χ4n) is 2.00. The van der Waals surface area contributed by atoms with Gasteiger partial charge in [-0.15, -0.1) is 0 Å². The van der Waals surface area contributed by atoms with Crippen molar-refractivity contribution in [2.24, 2.45) is 5.92 Å². The molecule has 1 aliphatic rings. The number of carboxylic acids is 1. The molecular formula is C11H22N2O4S. The third kappa shape index (κ3) is 6.32. The van der Waals surface area contributed by atoms with E-state index in [0.29, 0.717) is 12.5 Å². The third-order valence-electron chi connectivity index (χ3n) is 3.23. The molecule has 106 valence electrons. The zero-order chi connectivity index (χ0) is 13.6. The lowest BCUT2D eigenvalue weighted by Gasteiger charge is -2.28. The Hall–Kier alpha value is -0.660. The number of hydrogen-bond acceptors (Lipinski definition) is 4. The summed E-state index contributed by atoms with van der Waals surface area (Å²) in [5, 5.41) is 8.45. The van der Waals surface area contributed by atoms with Crippen LogP contribution in [0.3, 0.4) is 0 Å². The highest BCUT2D eigenvalue weighted by Gasteiger charge is 2.19. The van der Waals surface area contributed by atoms with Gasteiger partial charge < -0.3 is 10.0 Å². The van der Waals surface area contributed by atoms with E-state index in [0.717, 1.165) is 25.9 Å². The van der Waals surface area contributed by atoms with E-state index in [4.69, 9.17) is 5.11 Å². The summed E-state index contributed by atoms with van der Waals surface area (Å²) in [5.74, 6) is -0.665. The molecule has 0 saturated carbocycles. The normalized spacial score (nSPS) is 18.9. The Bertz CT molecular complexity index is 361. The topological polar surface area (TPSA) is 86.7 Å². The van der Waals surface area contributed by atoms with E-state index in [2.05, 4.69) is 16.7 Å². The van der Waals surface area contributed by atoms with E-state index in [1.54, 1.807) is 0 Å². The van der Waals surface area contributed by atoms with Crippen LogP contribution in [0.2, 0.25) is 0 Å². The van der Waals surface area contributed by atoms with Gasteiger partial charge in [-0.05, 0) is 45.3 Å². The van der Waals surface area contributed by atoms with Crippen molar-refractivity contribution >= 4 is 16.0 Å². The van der Waals surface area contributed by atoms with Crippen LogP contribution in [0.15, 0.2) is 0 Å². The Morgan fingerprint density at radius 3 is 2.56 bits per heavy atom. The first kappa shape index (κ1) is 15.4. The molecule has 1 aliphatic heterocycles. The molecule has 1 rings (SSSR count). The van der Waals surface area contributed by atoms with Gasteiger partial charge in [0, 0.05) is 13.0 Å². The molecule has 0 unspecified atom stereocenters. The molecule has 2 N–H and O–H groups in total. The van der Waals surface area contributed by atoms with E-state index in [-0.39, 0.29) is 18.6 Å². The lowest BCUT2D eigenvalue weighted by Crippen LogP contribution is -2.37. The molecule has 0 aromatic heterocycles. The fourth-order valence-corrected chi connectivity index (χ4v) is 3.15. The molecule has 0 radical (unpaired) electrons. The Labute approximate surface area is 108 Å². The van der Waals surface area contributed by atoms with Gasteiger partial charge in [-0.25, -0.2) is 13.1 Å². The molecule has 0 atom stereocenters. The van der Waals surface area contributed by atoms with Crippen LogP contribution in [-0.2, 0) is 14.8 Å². The molecule has 0 aromatic carbocycles. The zero-order valence-corrected chi connectivity index (χ0v) is 11.6. The number of carboxylic acid groups (broad SMARTS) is 1. The summed E-state index contributed by atoms with van der Waals surface area (Å²) >= 11 is 0. The Morgan fingerprint density at radius 2 is 2.00 bits per heavy atom. The summed E-state index contributed by atoms with van der Waals surface area (Å²) in [7, 11) is -1.26. The minimum atomic E-state index is -3.32. The zero-order valence-electron chi connectivity index (χ0n) is 10.8. The van der Waals surface area contributed by atoms with Crippen molar-refractivity contribution < 1.29 is 18.3 Å². The summed E-state index contributed by atoms with van der Waals surface area (Å²) < 4.78 is 25.8. The van der Waals surface area contributed by atoms with Crippen molar-refractivity contribution in [2.75, 3.05) is 32.4 Å². The number of hydrogen-bond donors (Lipinski definition) is 2. The highest BCUT2D eigenvalue weighted by molar-refractivity contribution is 7.89. The first-order chi connectivity index (χ1) is 8.39. The average molecular weight is 278 g/mol. The van der Waals surface area contributed by atoms with E-state index < -0.39 is 16.0 Å². The fraction of sp³-hybridized carbons (Fsp3) is 0.909. The number of carbonyl (C=O) groups is 1. The molecule has 18 heavy (non-hydrogen) atoms. The number of piperidine rings is 1. The summed E-state index contributed by atoms with van der Waals surface area (Å²) in [5.41, 5.74) is 0. The van der Waals surface area contributed by atoms with Gasteiger partial charge in [0.25, 0.3) is 0 Å². The molecule has 6 nitrogen and oxygen atoms in total. The van der Waals surface area contributed by atoms with Crippen LogP contribution in [-0.4, -0.2) is 56.8 Å². The largest absolute Gasteiger partial charge is 0.481 e. The van der Waals surface area contributed by atoms with E-state index in [1.165, 1.54) is 0 Å². The van der Waals surface area contributed by atoms with Crippen molar-refractivity contribution in [3.8, 4) is 0 Å². The molecule has 0 bridgehead atoms. The van der Waals surface area contributed by atoms with Crippen molar-refractivity contribution in [3.63, 3.8) is 0 Å². The molecule has 0 aromatic rings. The Morgan fingerprint density at radius 1 is 1.39 bits per heavy atom. The monoisotopic (exact) mass is 278 g/mol. The number of sulfonamides is 1. The highest BCUT2D eigenvalue weighted by atomic mass is 32.2. The van der Waals surface area contributed by atoms with Crippen molar-refractivity contribution in [2.45, 2.75) is 25.7 Å². The van der Waals surface area contributed by atoms with Crippen LogP contribution < -0.4 is 4.72 Å². The number of likely N-dealkylation sites (tertiary alicyclic amines) is 1. The maximum atomic E-state index is 11.6. The van der Waals surface area contributed by atoms with Gasteiger partial charge in [-0.2, -0.15) is 0 Å². The van der Waals surface area contributed by atoms with Gasteiger partial charge in [-0.3, -0.25) is 4.79 Å². The van der Waals surface area contributed by atoms with E-state index in [1.807, 2.05) is 0 Å². The van der Waals surface area contributed by atoms with Gasteiger partial charge >= 0.3 is 5.97 Å². The van der Waals surface area contributed by atoms with Gasteiger partial charge in [-0.1, -0.05) is 0 Å². The Balaban J connectivity index is 2.22. The van der Waals surface area contributed by atoms with Gasteiger partial charge in [0.05, 0.1) is 5.75 Å². The Kier molecular flexibility index (Phi) is 6.04. The van der Waals surface area contributed by atoms with Crippen LogP contribution >= 0.6 is 0 Å². The quantitative estimate of drug-likeness (QED) is 0.690. The number of nitrogens with one attached hydrogen (secondary N) is 1. The minimum absolute atomic E-state index is 0.102. The van der Waals surface area contributed by atoms with Gasteiger partial charge in [0.2, 0.25) is 10.0 Å². The molecular weight excluding hydrogens is 256 g/mol. The molecule has 1 saturated heterocycles. The molecule has 0 spiro atoms. The van der Waals surface area contributed by atoms with Crippen LogP contribution in [0.5, 0.6) is 0 Å². The number of nitrogens with zero attached hydrogens (tertiary/aromatic N) is 1. The van der Waals surface area contributed by atoms with Crippen LogP contribution in [0.4, 0.5) is 0 Å². The highest BCUT2D eigenvalue weighted by Crippen LogP contribution is 2.15. The standard InChI is InChI=1S/C11H22N2O4S/c1-13-6-4-10(5-7-13)9-12-18(16,17)8-2-3-11(14)15/h10,12H,2-9H2,1H3,(H,14,15). The van der Waals surface area contributed by atoms with Gasteiger partial charge in [0.15, 0.2) is 0 Å². The van der Waals surface area contributed by atoms with Crippen molar-refractivity contribution in [1.82, 2.24) is 9.62 Å². The summed E-state index contributed by atoms with van der Waals surface area (Å²) in [6.07, 6.45) is 2.08. The predicted octanol–water partition coefficient (Wildman–Crippen LogP) is 0.112. The number of rotatable bonds is 7. The minimum Gasteiger partial charge on any atom is -0.481 e. The maximum Gasteiger partial charge on any atom is 0.303 e. The number of aliphatic carboxylic acids is 1.